The van der Waals surface area contributed by atoms with E-state index in [1.165, 1.54) is 7.11 Å². The molecule has 0 bridgehead atoms. The van der Waals surface area contributed by atoms with Crippen LogP contribution in [0.15, 0.2) is 6.20 Å². The minimum atomic E-state index is -2.64. The van der Waals surface area contributed by atoms with Gasteiger partial charge in [0.1, 0.15) is 0 Å². The van der Waals surface area contributed by atoms with E-state index in [4.69, 9.17) is 5.73 Å². The zero-order valence-corrected chi connectivity index (χ0v) is 10.5. The number of carbonyl (C=O) groups excluding carboxylic acids is 1. The lowest BCUT2D eigenvalue weighted by atomic mass is 10.1. The first kappa shape index (κ1) is 13.2. The summed E-state index contributed by atoms with van der Waals surface area (Å²) in [4.78, 5) is 15.0. The van der Waals surface area contributed by atoms with Gasteiger partial charge in [0.05, 0.1) is 7.11 Å². The molecule has 0 aromatic carbocycles. The van der Waals surface area contributed by atoms with Crippen molar-refractivity contribution >= 4 is 28.6 Å². The van der Waals surface area contributed by atoms with Crippen LogP contribution < -0.4 is 5.73 Å². The van der Waals surface area contributed by atoms with Crippen LogP contribution in [0.25, 0.3) is 0 Å². The summed E-state index contributed by atoms with van der Waals surface area (Å²) in [5, 5.41) is 0. The van der Waals surface area contributed by atoms with Crippen LogP contribution in [0.1, 0.15) is 28.0 Å². The van der Waals surface area contributed by atoms with E-state index < -0.39 is 12.4 Å². The molecule has 7 heteroatoms. The highest BCUT2D eigenvalue weighted by atomic mass is 127. The van der Waals surface area contributed by atoms with Gasteiger partial charge in [-0.05, 0) is 22.6 Å². The molecule has 4 nitrogen and oxygen atoms in total. The van der Waals surface area contributed by atoms with Crippen LogP contribution in [0.4, 0.5) is 8.78 Å². The average Bonchev–Trinajstić information content (AvgIpc) is 2.26. The predicted octanol–water partition coefficient (Wildman–Crippen LogP) is 1.87. The van der Waals surface area contributed by atoms with Gasteiger partial charge in [-0.1, -0.05) is 0 Å². The largest absolute Gasteiger partial charge is 0.464 e. The second kappa shape index (κ2) is 5.48. The molecule has 0 aliphatic heterocycles. The molecule has 2 N–H and O–H groups in total. The minimum absolute atomic E-state index is 0.0150. The molecule has 0 saturated heterocycles. The first-order valence-corrected chi connectivity index (χ1v) is 5.34. The normalized spacial score (nSPS) is 10.6. The van der Waals surface area contributed by atoms with Crippen molar-refractivity contribution in [2.75, 3.05) is 7.11 Å². The number of nitrogens with zero attached hydrogens (tertiary/aromatic N) is 1. The van der Waals surface area contributed by atoms with Gasteiger partial charge in [0.2, 0.25) is 0 Å². The van der Waals surface area contributed by atoms with Gasteiger partial charge in [-0.15, -0.1) is 0 Å². The van der Waals surface area contributed by atoms with E-state index in [-0.39, 0.29) is 26.9 Å². The molecular formula is C9H9F2IN2O2. The summed E-state index contributed by atoms with van der Waals surface area (Å²) in [5.74, 6) is -0.681. The fraction of sp³-hybridized carbons (Fsp3) is 0.333. The lowest BCUT2D eigenvalue weighted by Gasteiger charge is -2.10. The molecule has 1 rings (SSSR count). The Labute approximate surface area is 104 Å². The van der Waals surface area contributed by atoms with Crippen LogP contribution in [0.2, 0.25) is 0 Å². The lowest BCUT2D eigenvalue weighted by molar-refractivity contribution is 0.0591. The number of halogens is 3. The van der Waals surface area contributed by atoms with Crippen molar-refractivity contribution in [1.29, 1.82) is 0 Å². The summed E-state index contributed by atoms with van der Waals surface area (Å²) in [6.07, 6.45) is -1.67. The van der Waals surface area contributed by atoms with Gasteiger partial charge >= 0.3 is 5.97 Å². The molecule has 16 heavy (non-hydrogen) atoms. The number of hydrogen-bond acceptors (Lipinski definition) is 4. The third-order valence-electron chi connectivity index (χ3n) is 1.95. The van der Waals surface area contributed by atoms with Crippen LogP contribution >= 0.6 is 22.6 Å². The van der Waals surface area contributed by atoms with Gasteiger partial charge < -0.3 is 10.5 Å². The number of esters is 1. The molecule has 0 unspecified atom stereocenters. The van der Waals surface area contributed by atoms with E-state index in [9.17, 15) is 13.6 Å². The molecule has 0 radical (unpaired) electrons. The number of alkyl halides is 2. The average molecular weight is 342 g/mol. The van der Waals surface area contributed by atoms with Crippen LogP contribution in [0.3, 0.4) is 0 Å². The van der Waals surface area contributed by atoms with Crippen molar-refractivity contribution in [3.05, 3.63) is 26.6 Å². The van der Waals surface area contributed by atoms with E-state index in [1.807, 2.05) is 0 Å². The third-order valence-corrected chi connectivity index (χ3v) is 3.23. The Morgan fingerprint density at radius 3 is 2.75 bits per heavy atom. The first-order valence-electron chi connectivity index (χ1n) is 4.26. The van der Waals surface area contributed by atoms with E-state index in [0.717, 1.165) is 6.20 Å². The highest BCUT2D eigenvalue weighted by Gasteiger charge is 2.21. The van der Waals surface area contributed by atoms with Crippen molar-refractivity contribution in [2.45, 2.75) is 13.0 Å². The van der Waals surface area contributed by atoms with E-state index in [0.29, 0.717) is 0 Å². The van der Waals surface area contributed by atoms with E-state index in [2.05, 4.69) is 9.72 Å². The Balaban J connectivity index is 3.35. The number of nitrogens with two attached hydrogens (primary N) is 1. The zero-order chi connectivity index (χ0) is 12.3. The standard InChI is InChI=1S/C9H9F2IN2O2/c1-16-9(15)7-4(2-13)6(12)5(3-14-7)8(10)11/h3,8H,2,13H2,1H3. The number of hydrogen-bond donors (Lipinski definition) is 1. The Hall–Kier alpha value is -0.830. The Morgan fingerprint density at radius 1 is 1.69 bits per heavy atom. The summed E-state index contributed by atoms with van der Waals surface area (Å²) in [6.45, 7) is -0.0454. The Bertz CT molecular complexity index is 413. The van der Waals surface area contributed by atoms with Crippen molar-refractivity contribution in [3.63, 3.8) is 0 Å². The van der Waals surface area contributed by atoms with E-state index in [1.54, 1.807) is 22.6 Å². The van der Waals surface area contributed by atoms with Gasteiger partial charge in [0.15, 0.2) is 5.69 Å². The molecule has 0 spiro atoms. The van der Waals surface area contributed by atoms with Crippen LogP contribution in [-0.2, 0) is 11.3 Å². The SMILES string of the molecule is COC(=O)c1ncc(C(F)F)c(I)c1CN. The second-order valence-corrected chi connectivity index (χ2v) is 3.93. The first-order chi connectivity index (χ1) is 7.52. The molecule has 1 aromatic rings. The molecule has 1 heterocycles. The fourth-order valence-corrected chi connectivity index (χ4v) is 2.01. The van der Waals surface area contributed by atoms with Crippen molar-refractivity contribution in [2.24, 2.45) is 5.73 Å². The fourth-order valence-electron chi connectivity index (χ4n) is 1.16. The van der Waals surface area contributed by atoms with Crippen molar-refractivity contribution < 1.29 is 18.3 Å². The molecule has 1 aromatic heterocycles. The highest BCUT2D eigenvalue weighted by molar-refractivity contribution is 14.1. The molecule has 0 amide bonds. The Kier molecular flexibility index (Phi) is 4.54. The van der Waals surface area contributed by atoms with Gasteiger partial charge in [-0.3, -0.25) is 0 Å². The maximum atomic E-state index is 12.6. The zero-order valence-electron chi connectivity index (χ0n) is 8.34. The molecule has 0 saturated carbocycles. The predicted molar refractivity (Wildman–Crippen MR) is 61.1 cm³/mol. The monoisotopic (exact) mass is 342 g/mol. The number of ether oxygens (including phenoxy) is 1. The molecule has 0 aliphatic carbocycles. The number of aromatic nitrogens is 1. The smallest absolute Gasteiger partial charge is 0.357 e. The van der Waals surface area contributed by atoms with E-state index >= 15 is 0 Å². The lowest BCUT2D eigenvalue weighted by Crippen LogP contribution is -2.14. The molecule has 88 valence electrons. The van der Waals surface area contributed by atoms with Crippen molar-refractivity contribution in [3.8, 4) is 0 Å². The summed E-state index contributed by atoms with van der Waals surface area (Å²) >= 11 is 1.72. The van der Waals surface area contributed by atoms with Gasteiger partial charge in [-0.2, -0.15) is 0 Å². The Morgan fingerprint density at radius 2 is 2.31 bits per heavy atom. The maximum Gasteiger partial charge on any atom is 0.357 e. The number of carbonyl (C=O) groups is 1. The number of rotatable bonds is 3. The summed E-state index contributed by atoms with van der Waals surface area (Å²) in [5.41, 5.74) is 5.46. The molecule has 0 fully saturated rings. The highest BCUT2D eigenvalue weighted by Crippen LogP contribution is 2.27. The number of pyridine rings is 1. The molecule has 0 atom stereocenters. The van der Waals surface area contributed by atoms with Gasteiger partial charge in [0.25, 0.3) is 6.43 Å². The van der Waals surface area contributed by atoms with Gasteiger partial charge in [0, 0.05) is 27.4 Å². The van der Waals surface area contributed by atoms with Crippen molar-refractivity contribution in [1.82, 2.24) is 4.98 Å². The third kappa shape index (κ3) is 2.46. The summed E-state index contributed by atoms with van der Waals surface area (Å²) in [7, 11) is 1.19. The molecule has 0 aliphatic rings. The summed E-state index contributed by atoms with van der Waals surface area (Å²) in [6, 6.07) is 0. The topological polar surface area (TPSA) is 65.2 Å². The molecular weight excluding hydrogens is 333 g/mol. The number of methoxy groups -OCH3 is 1. The minimum Gasteiger partial charge on any atom is -0.464 e. The van der Waals surface area contributed by atoms with Crippen LogP contribution in [0, 0.1) is 3.57 Å². The van der Waals surface area contributed by atoms with Crippen LogP contribution in [-0.4, -0.2) is 18.1 Å². The quantitative estimate of drug-likeness (QED) is 0.673. The second-order valence-electron chi connectivity index (χ2n) is 2.85. The van der Waals surface area contributed by atoms with Crippen LogP contribution in [0.5, 0.6) is 0 Å². The van der Waals surface area contributed by atoms with Gasteiger partial charge in [-0.25, -0.2) is 18.6 Å². The maximum absolute atomic E-state index is 12.6. The summed E-state index contributed by atoms with van der Waals surface area (Å²) < 4.78 is 29.9.